The molecule has 19 heavy (non-hydrogen) atoms. The van der Waals surface area contributed by atoms with E-state index >= 15 is 0 Å². The first kappa shape index (κ1) is 12.5. The van der Waals surface area contributed by atoms with Gasteiger partial charge in [-0.05, 0) is 13.0 Å². The molecule has 4 atom stereocenters. The summed E-state index contributed by atoms with van der Waals surface area (Å²) in [6.07, 6.45) is -0.611. The Morgan fingerprint density at radius 1 is 1.32 bits per heavy atom. The lowest BCUT2D eigenvalue weighted by Gasteiger charge is -2.17. The summed E-state index contributed by atoms with van der Waals surface area (Å²) >= 11 is 0. The van der Waals surface area contributed by atoms with Crippen LogP contribution in [0.2, 0.25) is 0 Å². The van der Waals surface area contributed by atoms with Gasteiger partial charge in [-0.2, -0.15) is 0 Å². The molecule has 0 aliphatic carbocycles. The normalized spacial score (nSPS) is 31.2. The van der Waals surface area contributed by atoms with Crippen LogP contribution in [0.25, 0.3) is 11.0 Å². The summed E-state index contributed by atoms with van der Waals surface area (Å²) < 4.78 is 7.13. The Labute approximate surface area is 109 Å². The fraction of sp³-hybridized carbons (Fsp3) is 0.500. The third-order valence-corrected chi connectivity index (χ3v) is 3.50. The number of aliphatic hydroxyl groups is 3. The topological polar surface area (TPSA) is 101 Å². The highest BCUT2D eigenvalue weighted by Crippen LogP contribution is 2.32. The lowest BCUT2D eigenvalue weighted by Crippen LogP contribution is -2.33. The molecule has 0 saturated carbocycles. The first-order valence-corrected chi connectivity index (χ1v) is 6.04. The SMILES string of the molecule is Cc1ncnc2c1ccn2[C@@H]1O[C@@H](CO)[C@@H](O)C1O. The molecule has 1 aliphatic rings. The van der Waals surface area contributed by atoms with Crippen LogP contribution in [0.5, 0.6) is 0 Å². The molecule has 0 spiro atoms. The van der Waals surface area contributed by atoms with Crippen LogP contribution in [-0.4, -0.2) is 54.8 Å². The van der Waals surface area contributed by atoms with Crippen LogP contribution in [0, 0.1) is 6.92 Å². The largest absolute Gasteiger partial charge is 0.394 e. The van der Waals surface area contributed by atoms with Gasteiger partial charge in [0.25, 0.3) is 0 Å². The van der Waals surface area contributed by atoms with Crippen LogP contribution in [-0.2, 0) is 4.74 Å². The van der Waals surface area contributed by atoms with Gasteiger partial charge in [-0.3, -0.25) is 0 Å². The van der Waals surface area contributed by atoms with Crippen molar-refractivity contribution in [1.82, 2.24) is 14.5 Å². The van der Waals surface area contributed by atoms with E-state index in [0.717, 1.165) is 11.1 Å². The van der Waals surface area contributed by atoms with E-state index < -0.39 is 24.5 Å². The molecular formula is C12H15N3O4. The van der Waals surface area contributed by atoms with Gasteiger partial charge in [-0.1, -0.05) is 0 Å². The Hall–Kier alpha value is -1.54. The Morgan fingerprint density at radius 2 is 2.11 bits per heavy atom. The van der Waals surface area contributed by atoms with E-state index in [2.05, 4.69) is 9.97 Å². The molecule has 2 aromatic heterocycles. The van der Waals surface area contributed by atoms with Crippen molar-refractivity contribution in [2.24, 2.45) is 0 Å². The molecule has 3 rings (SSSR count). The molecule has 102 valence electrons. The Balaban J connectivity index is 2.04. The lowest BCUT2D eigenvalue weighted by molar-refractivity contribution is -0.0508. The number of nitrogens with zero attached hydrogens (tertiary/aromatic N) is 3. The third-order valence-electron chi connectivity index (χ3n) is 3.50. The van der Waals surface area contributed by atoms with Crippen molar-refractivity contribution in [3.63, 3.8) is 0 Å². The van der Waals surface area contributed by atoms with Gasteiger partial charge in [-0.15, -0.1) is 0 Å². The highest BCUT2D eigenvalue weighted by Gasteiger charge is 2.43. The summed E-state index contributed by atoms with van der Waals surface area (Å²) in [6.45, 7) is 1.52. The molecule has 1 fully saturated rings. The van der Waals surface area contributed by atoms with Crippen LogP contribution in [0.1, 0.15) is 11.9 Å². The zero-order valence-corrected chi connectivity index (χ0v) is 10.3. The van der Waals surface area contributed by atoms with E-state index in [0.29, 0.717) is 5.65 Å². The minimum atomic E-state index is -1.12. The first-order chi connectivity index (χ1) is 9.13. The zero-order chi connectivity index (χ0) is 13.6. The third kappa shape index (κ3) is 1.82. The van der Waals surface area contributed by atoms with Crippen molar-refractivity contribution in [1.29, 1.82) is 0 Å². The van der Waals surface area contributed by atoms with Crippen LogP contribution in [0.15, 0.2) is 18.6 Å². The maximum Gasteiger partial charge on any atom is 0.164 e. The molecule has 0 bridgehead atoms. The minimum absolute atomic E-state index is 0.345. The minimum Gasteiger partial charge on any atom is -0.394 e. The smallest absolute Gasteiger partial charge is 0.164 e. The quantitative estimate of drug-likeness (QED) is 0.667. The molecule has 0 radical (unpaired) electrons. The van der Waals surface area contributed by atoms with Crippen LogP contribution < -0.4 is 0 Å². The monoisotopic (exact) mass is 265 g/mol. The van der Waals surface area contributed by atoms with Gasteiger partial charge in [0.15, 0.2) is 6.23 Å². The predicted molar refractivity (Wildman–Crippen MR) is 65.3 cm³/mol. The van der Waals surface area contributed by atoms with E-state index in [1.54, 1.807) is 10.8 Å². The maximum atomic E-state index is 10.0. The molecule has 1 unspecified atom stereocenters. The number of hydrogen-bond acceptors (Lipinski definition) is 6. The van der Waals surface area contributed by atoms with Crippen molar-refractivity contribution >= 4 is 11.0 Å². The average molecular weight is 265 g/mol. The molecule has 1 aliphatic heterocycles. The van der Waals surface area contributed by atoms with Gasteiger partial charge >= 0.3 is 0 Å². The Bertz CT molecular complexity index is 600. The molecule has 0 amide bonds. The summed E-state index contributed by atoms with van der Waals surface area (Å²) in [5.74, 6) is 0. The fourth-order valence-corrected chi connectivity index (χ4v) is 2.41. The summed E-state index contributed by atoms with van der Waals surface area (Å²) in [6, 6.07) is 1.83. The van der Waals surface area contributed by atoms with E-state index in [1.165, 1.54) is 6.33 Å². The van der Waals surface area contributed by atoms with Crippen molar-refractivity contribution in [3.05, 3.63) is 24.3 Å². The Morgan fingerprint density at radius 3 is 2.79 bits per heavy atom. The van der Waals surface area contributed by atoms with E-state index in [-0.39, 0.29) is 6.61 Å². The number of aromatic nitrogens is 3. The zero-order valence-electron chi connectivity index (χ0n) is 10.3. The predicted octanol–water partition coefficient (Wildman–Crippen LogP) is -0.649. The van der Waals surface area contributed by atoms with Gasteiger partial charge in [0, 0.05) is 11.6 Å². The lowest BCUT2D eigenvalue weighted by atomic mass is 10.1. The number of rotatable bonds is 2. The van der Waals surface area contributed by atoms with Crippen molar-refractivity contribution in [2.75, 3.05) is 6.61 Å². The summed E-state index contributed by atoms with van der Waals surface area (Å²) in [4.78, 5) is 8.27. The van der Waals surface area contributed by atoms with Crippen molar-refractivity contribution in [3.8, 4) is 0 Å². The maximum absolute atomic E-state index is 10.0. The summed E-state index contributed by atoms with van der Waals surface area (Å²) in [5.41, 5.74) is 1.46. The second kappa shape index (κ2) is 4.53. The highest BCUT2D eigenvalue weighted by atomic mass is 16.6. The first-order valence-electron chi connectivity index (χ1n) is 6.04. The highest BCUT2D eigenvalue weighted by molar-refractivity contribution is 5.78. The van der Waals surface area contributed by atoms with Gasteiger partial charge in [0.2, 0.25) is 0 Å². The summed E-state index contributed by atoms with van der Waals surface area (Å²) in [7, 11) is 0. The number of aliphatic hydroxyl groups excluding tert-OH is 3. The molecule has 3 N–H and O–H groups in total. The van der Waals surface area contributed by atoms with E-state index in [9.17, 15) is 10.2 Å². The van der Waals surface area contributed by atoms with Crippen LogP contribution >= 0.6 is 0 Å². The number of hydrogen-bond donors (Lipinski definition) is 3. The fourth-order valence-electron chi connectivity index (χ4n) is 2.41. The number of fused-ring (bicyclic) bond motifs is 1. The molecule has 1 saturated heterocycles. The standard InChI is InChI=1S/C12H15N3O4/c1-6-7-2-3-15(11(7)14-5-13-6)12-10(18)9(17)8(4-16)19-12/h2-3,5,8-10,12,16-18H,4H2,1H3/t8-,9+,10?,12+/m0/s1. The van der Waals surface area contributed by atoms with Crippen LogP contribution in [0.4, 0.5) is 0 Å². The molecule has 7 heteroatoms. The number of aryl methyl sites for hydroxylation is 1. The second-order valence-corrected chi connectivity index (χ2v) is 4.65. The second-order valence-electron chi connectivity index (χ2n) is 4.65. The van der Waals surface area contributed by atoms with Gasteiger partial charge in [0.1, 0.15) is 30.3 Å². The van der Waals surface area contributed by atoms with E-state index in [4.69, 9.17) is 9.84 Å². The van der Waals surface area contributed by atoms with Gasteiger partial charge in [0.05, 0.1) is 12.3 Å². The van der Waals surface area contributed by atoms with E-state index in [1.807, 2.05) is 13.0 Å². The molecule has 0 aromatic carbocycles. The molecule has 3 heterocycles. The molecule has 7 nitrogen and oxygen atoms in total. The molecule has 2 aromatic rings. The number of ether oxygens (including phenoxy) is 1. The molecular weight excluding hydrogens is 250 g/mol. The van der Waals surface area contributed by atoms with Crippen molar-refractivity contribution in [2.45, 2.75) is 31.5 Å². The summed E-state index contributed by atoms with van der Waals surface area (Å²) in [5, 5.41) is 29.7. The van der Waals surface area contributed by atoms with Gasteiger partial charge in [-0.25, -0.2) is 9.97 Å². The van der Waals surface area contributed by atoms with Gasteiger partial charge < -0.3 is 24.6 Å². The van der Waals surface area contributed by atoms with Crippen molar-refractivity contribution < 1.29 is 20.1 Å². The Kier molecular flexibility index (Phi) is 2.98. The average Bonchev–Trinajstić information content (AvgIpc) is 2.94. The van der Waals surface area contributed by atoms with Crippen LogP contribution in [0.3, 0.4) is 0 Å².